The summed E-state index contributed by atoms with van der Waals surface area (Å²) in [5.41, 5.74) is 1.88. The molecule has 0 radical (unpaired) electrons. The zero-order valence-corrected chi connectivity index (χ0v) is 11.3. The summed E-state index contributed by atoms with van der Waals surface area (Å²) in [5, 5.41) is 0. The molecule has 0 spiro atoms. The molecular formula is C16H16O4. The van der Waals surface area contributed by atoms with Crippen molar-refractivity contribution in [3.8, 4) is 0 Å². The van der Waals surface area contributed by atoms with Crippen LogP contribution in [0.1, 0.15) is 25.3 Å². The van der Waals surface area contributed by atoms with Crippen LogP contribution in [0.2, 0.25) is 0 Å². The predicted molar refractivity (Wildman–Crippen MR) is 73.8 cm³/mol. The molecule has 0 N–H and O–H groups in total. The normalized spacial score (nSPS) is 18.4. The molecule has 0 heterocycles. The largest absolute Gasteiger partial charge is 0.460 e. The molecule has 2 rings (SSSR count). The van der Waals surface area contributed by atoms with Gasteiger partial charge in [0.05, 0.1) is 12.5 Å². The maximum atomic E-state index is 12.0. The first-order chi connectivity index (χ1) is 9.63. The average molecular weight is 272 g/mol. The second kappa shape index (κ2) is 6.28. The van der Waals surface area contributed by atoms with Gasteiger partial charge in [-0.1, -0.05) is 30.3 Å². The maximum absolute atomic E-state index is 12.0. The SMILES string of the molecule is CCOC(=O)C(=O)C1CCC(c2ccccc2)=CC1=O. The molecule has 20 heavy (non-hydrogen) atoms. The standard InChI is InChI=1S/C16H16O4/c1-2-20-16(19)15(18)13-9-8-12(10-14(13)17)11-6-4-3-5-7-11/h3-7,10,13H,2,8-9H2,1H3. The van der Waals surface area contributed by atoms with E-state index in [1.165, 1.54) is 6.08 Å². The van der Waals surface area contributed by atoms with E-state index in [2.05, 4.69) is 4.74 Å². The number of allylic oxidation sites excluding steroid dienone is 2. The topological polar surface area (TPSA) is 60.4 Å². The molecule has 0 saturated carbocycles. The second-order valence-electron chi connectivity index (χ2n) is 4.61. The van der Waals surface area contributed by atoms with E-state index in [1.54, 1.807) is 6.92 Å². The van der Waals surface area contributed by atoms with E-state index in [0.717, 1.165) is 11.1 Å². The van der Waals surface area contributed by atoms with Crippen LogP contribution in [0.15, 0.2) is 36.4 Å². The highest BCUT2D eigenvalue weighted by atomic mass is 16.5. The molecule has 0 bridgehead atoms. The predicted octanol–water partition coefficient (Wildman–Crippen LogP) is 2.18. The zero-order valence-electron chi connectivity index (χ0n) is 11.3. The summed E-state index contributed by atoms with van der Waals surface area (Å²) in [6, 6.07) is 9.55. The zero-order chi connectivity index (χ0) is 14.5. The molecule has 4 heteroatoms. The van der Waals surface area contributed by atoms with Crippen molar-refractivity contribution in [2.45, 2.75) is 19.8 Å². The van der Waals surface area contributed by atoms with Gasteiger partial charge in [0, 0.05) is 0 Å². The van der Waals surface area contributed by atoms with Crippen molar-refractivity contribution < 1.29 is 19.1 Å². The summed E-state index contributed by atoms with van der Waals surface area (Å²) >= 11 is 0. The fourth-order valence-corrected chi connectivity index (χ4v) is 2.27. The van der Waals surface area contributed by atoms with Crippen molar-refractivity contribution in [2.75, 3.05) is 6.61 Å². The summed E-state index contributed by atoms with van der Waals surface area (Å²) < 4.78 is 4.66. The number of benzene rings is 1. The minimum absolute atomic E-state index is 0.136. The Morgan fingerprint density at radius 1 is 1.25 bits per heavy atom. The van der Waals surface area contributed by atoms with E-state index in [1.807, 2.05) is 30.3 Å². The Hall–Kier alpha value is -2.23. The smallest absolute Gasteiger partial charge is 0.375 e. The third-order valence-electron chi connectivity index (χ3n) is 3.30. The van der Waals surface area contributed by atoms with Crippen LogP contribution in [0.25, 0.3) is 5.57 Å². The Morgan fingerprint density at radius 2 is 1.95 bits per heavy atom. The lowest BCUT2D eigenvalue weighted by Gasteiger charge is -2.19. The molecule has 4 nitrogen and oxygen atoms in total. The Bertz CT molecular complexity index is 557. The Kier molecular flexibility index (Phi) is 4.45. The van der Waals surface area contributed by atoms with Crippen LogP contribution in [-0.2, 0) is 19.1 Å². The number of hydrogen-bond acceptors (Lipinski definition) is 4. The van der Waals surface area contributed by atoms with Crippen molar-refractivity contribution in [1.29, 1.82) is 0 Å². The Labute approximate surface area is 117 Å². The van der Waals surface area contributed by atoms with E-state index < -0.39 is 17.7 Å². The monoisotopic (exact) mass is 272 g/mol. The third kappa shape index (κ3) is 3.02. The molecule has 0 amide bonds. The highest BCUT2D eigenvalue weighted by Gasteiger charge is 2.34. The number of carbonyl (C=O) groups is 3. The van der Waals surface area contributed by atoms with E-state index >= 15 is 0 Å². The van der Waals surface area contributed by atoms with Gasteiger partial charge in [-0.3, -0.25) is 9.59 Å². The number of carbonyl (C=O) groups excluding carboxylic acids is 3. The van der Waals surface area contributed by atoms with Crippen LogP contribution in [0.3, 0.4) is 0 Å². The summed E-state index contributed by atoms with van der Waals surface area (Å²) in [7, 11) is 0. The van der Waals surface area contributed by atoms with Crippen molar-refractivity contribution in [2.24, 2.45) is 5.92 Å². The summed E-state index contributed by atoms with van der Waals surface area (Å²) in [4.78, 5) is 35.2. The number of hydrogen-bond donors (Lipinski definition) is 0. The van der Waals surface area contributed by atoms with Gasteiger partial charge in [-0.15, -0.1) is 0 Å². The minimum atomic E-state index is -0.914. The molecule has 1 aromatic rings. The molecule has 1 atom stereocenters. The van der Waals surface area contributed by atoms with Gasteiger partial charge in [0.1, 0.15) is 0 Å². The molecule has 1 aliphatic rings. The van der Waals surface area contributed by atoms with Gasteiger partial charge >= 0.3 is 5.97 Å². The Morgan fingerprint density at radius 3 is 2.55 bits per heavy atom. The van der Waals surface area contributed by atoms with Crippen LogP contribution in [0, 0.1) is 5.92 Å². The van der Waals surface area contributed by atoms with Crippen LogP contribution >= 0.6 is 0 Å². The highest BCUT2D eigenvalue weighted by Crippen LogP contribution is 2.28. The van der Waals surface area contributed by atoms with E-state index in [9.17, 15) is 14.4 Å². The molecule has 0 aromatic heterocycles. The van der Waals surface area contributed by atoms with Gasteiger partial charge in [-0.05, 0) is 37.0 Å². The van der Waals surface area contributed by atoms with Crippen molar-refractivity contribution in [3.05, 3.63) is 42.0 Å². The van der Waals surface area contributed by atoms with E-state index in [0.29, 0.717) is 12.8 Å². The quantitative estimate of drug-likeness (QED) is 0.479. The van der Waals surface area contributed by atoms with Gasteiger partial charge in [-0.2, -0.15) is 0 Å². The molecule has 0 aliphatic heterocycles. The van der Waals surface area contributed by atoms with Crippen molar-refractivity contribution in [3.63, 3.8) is 0 Å². The molecule has 1 aliphatic carbocycles. The first kappa shape index (κ1) is 14.2. The lowest BCUT2D eigenvalue weighted by atomic mass is 9.83. The minimum Gasteiger partial charge on any atom is -0.460 e. The van der Waals surface area contributed by atoms with Crippen LogP contribution in [0.4, 0.5) is 0 Å². The lowest BCUT2D eigenvalue weighted by molar-refractivity contribution is -0.156. The first-order valence-electron chi connectivity index (χ1n) is 6.64. The molecule has 1 unspecified atom stereocenters. The summed E-state index contributed by atoms with van der Waals surface area (Å²) in [6.07, 6.45) is 2.43. The van der Waals surface area contributed by atoms with Crippen molar-refractivity contribution in [1.82, 2.24) is 0 Å². The van der Waals surface area contributed by atoms with E-state index in [-0.39, 0.29) is 12.4 Å². The molecule has 0 fully saturated rings. The first-order valence-corrected chi connectivity index (χ1v) is 6.64. The molecular weight excluding hydrogens is 256 g/mol. The van der Waals surface area contributed by atoms with Crippen LogP contribution in [0.5, 0.6) is 0 Å². The van der Waals surface area contributed by atoms with Gasteiger partial charge in [0.15, 0.2) is 5.78 Å². The lowest BCUT2D eigenvalue weighted by Crippen LogP contribution is -2.32. The van der Waals surface area contributed by atoms with Gasteiger partial charge in [0.2, 0.25) is 0 Å². The fraction of sp³-hybridized carbons (Fsp3) is 0.312. The van der Waals surface area contributed by atoms with Crippen LogP contribution < -0.4 is 0 Å². The number of ether oxygens (including phenoxy) is 1. The van der Waals surface area contributed by atoms with Crippen LogP contribution in [-0.4, -0.2) is 24.1 Å². The van der Waals surface area contributed by atoms with Gasteiger partial charge in [-0.25, -0.2) is 4.79 Å². The Balaban J connectivity index is 2.13. The molecule has 1 aromatic carbocycles. The average Bonchev–Trinajstić information content (AvgIpc) is 2.47. The number of Topliss-reactive ketones (excluding diaryl/α,β-unsaturated/α-hetero) is 1. The highest BCUT2D eigenvalue weighted by molar-refractivity contribution is 6.39. The number of esters is 1. The second-order valence-corrected chi connectivity index (χ2v) is 4.61. The van der Waals surface area contributed by atoms with Crippen molar-refractivity contribution >= 4 is 23.1 Å². The fourth-order valence-electron chi connectivity index (χ4n) is 2.27. The third-order valence-corrected chi connectivity index (χ3v) is 3.30. The molecule has 0 saturated heterocycles. The number of rotatable bonds is 4. The maximum Gasteiger partial charge on any atom is 0.375 e. The van der Waals surface area contributed by atoms with Gasteiger partial charge in [0.25, 0.3) is 5.78 Å². The summed E-state index contributed by atoms with van der Waals surface area (Å²) in [5.74, 6) is -2.85. The van der Waals surface area contributed by atoms with E-state index in [4.69, 9.17) is 0 Å². The van der Waals surface area contributed by atoms with Gasteiger partial charge < -0.3 is 4.74 Å². The summed E-state index contributed by atoms with van der Waals surface area (Å²) in [6.45, 7) is 1.76. The molecule has 104 valence electrons. The number of ketones is 2.